The highest BCUT2D eigenvalue weighted by molar-refractivity contribution is 6.33. The molecular formula is C13H14Cl2N2O. The number of nitrogens with zero attached hydrogens (tertiary/aromatic N) is 2. The van der Waals surface area contributed by atoms with E-state index in [2.05, 4.69) is 5.10 Å². The van der Waals surface area contributed by atoms with E-state index in [9.17, 15) is 5.11 Å². The Morgan fingerprint density at radius 1 is 1.33 bits per heavy atom. The van der Waals surface area contributed by atoms with E-state index in [1.54, 1.807) is 22.9 Å². The first kappa shape index (κ1) is 13.4. The summed E-state index contributed by atoms with van der Waals surface area (Å²) >= 11 is 12.0. The van der Waals surface area contributed by atoms with Gasteiger partial charge in [-0.1, -0.05) is 23.2 Å². The van der Waals surface area contributed by atoms with Gasteiger partial charge < -0.3 is 5.11 Å². The molecule has 5 heteroatoms. The molecule has 0 aliphatic heterocycles. The molecule has 0 radical (unpaired) electrons. The number of benzene rings is 1. The van der Waals surface area contributed by atoms with Gasteiger partial charge in [-0.3, -0.25) is 4.68 Å². The van der Waals surface area contributed by atoms with Crippen molar-refractivity contribution in [3.05, 3.63) is 51.3 Å². The molecule has 2 aromatic rings. The Balaban J connectivity index is 2.23. The first-order valence-corrected chi connectivity index (χ1v) is 6.35. The predicted octanol–water partition coefficient (Wildman–Crippen LogP) is 3.31. The van der Waals surface area contributed by atoms with E-state index < -0.39 is 6.10 Å². The largest absolute Gasteiger partial charge is 0.386 e. The highest BCUT2D eigenvalue weighted by atomic mass is 35.5. The number of halogens is 2. The predicted molar refractivity (Wildman–Crippen MR) is 73.1 cm³/mol. The van der Waals surface area contributed by atoms with E-state index in [1.807, 2.05) is 20.0 Å². The fourth-order valence-corrected chi connectivity index (χ4v) is 2.34. The topological polar surface area (TPSA) is 38.0 Å². The van der Waals surface area contributed by atoms with Gasteiger partial charge in [0.15, 0.2) is 0 Å². The molecule has 0 saturated heterocycles. The van der Waals surface area contributed by atoms with Crippen molar-refractivity contribution in [1.82, 2.24) is 9.78 Å². The average Bonchev–Trinajstić information content (AvgIpc) is 2.63. The van der Waals surface area contributed by atoms with Gasteiger partial charge in [-0.15, -0.1) is 0 Å². The highest BCUT2D eigenvalue weighted by Gasteiger charge is 2.15. The third-order valence-electron chi connectivity index (χ3n) is 2.80. The van der Waals surface area contributed by atoms with Crippen molar-refractivity contribution in [3.8, 4) is 0 Å². The van der Waals surface area contributed by atoms with Crippen molar-refractivity contribution in [1.29, 1.82) is 0 Å². The van der Waals surface area contributed by atoms with Crippen molar-refractivity contribution >= 4 is 23.2 Å². The monoisotopic (exact) mass is 284 g/mol. The average molecular weight is 285 g/mol. The van der Waals surface area contributed by atoms with Gasteiger partial charge >= 0.3 is 0 Å². The van der Waals surface area contributed by atoms with Crippen LogP contribution in [0.15, 0.2) is 24.3 Å². The van der Waals surface area contributed by atoms with E-state index in [0.717, 1.165) is 17.0 Å². The maximum Gasteiger partial charge on any atom is 0.0997 e. The third kappa shape index (κ3) is 2.86. The first-order valence-electron chi connectivity index (χ1n) is 5.60. The summed E-state index contributed by atoms with van der Waals surface area (Å²) in [6.45, 7) is 1.89. The SMILES string of the molecule is Cc1cc(C(O)Cc2cc(Cl)ccc2Cl)n(C)n1. The molecule has 2 rings (SSSR count). The van der Waals surface area contributed by atoms with Crippen molar-refractivity contribution < 1.29 is 5.11 Å². The molecule has 96 valence electrons. The quantitative estimate of drug-likeness (QED) is 0.939. The van der Waals surface area contributed by atoms with Crippen LogP contribution in [0.5, 0.6) is 0 Å². The fourth-order valence-electron chi connectivity index (χ4n) is 1.96. The lowest BCUT2D eigenvalue weighted by molar-refractivity contribution is 0.168. The number of rotatable bonds is 3. The standard InChI is InChI=1S/C13H14Cl2N2O/c1-8-5-12(17(2)16-8)13(18)7-9-6-10(14)3-4-11(9)15/h3-6,13,18H,7H2,1-2H3. The van der Waals surface area contributed by atoms with Crippen LogP contribution in [0.2, 0.25) is 10.0 Å². The van der Waals surface area contributed by atoms with Gasteiger partial charge in [0.05, 0.1) is 17.5 Å². The molecule has 18 heavy (non-hydrogen) atoms. The summed E-state index contributed by atoms with van der Waals surface area (Å²) in [5.74, 6) is 0. The lowest BCUT2D eigenvalue weighted by Gasteiger charge is -2.12. The zero-order valence-corrected chi connectivity index (χ0v) is 11.7. The van der Waals surface area contributed by atoms with Gasteiger partial charge in [0.1, 0.15) is 0 Å². The molecule has 1 atom stereocenters. The normalized spacial score (nSPS) is 12.7. The van der Waals surface area contributed by atoms with Gasteiger partial charge in [0.25, 0.3) is 0 Å². The molecule has 0 aliphatic rings. The summed E-state index contributed by atoms with van der Waals surface area (Å²) in [5.41, 5.74) is 2.47. The van der Waals surface area contributed by atoms with E-state index in [4.69, 9.17) is 23.2 Å². The van der Waals surface area contributed by atoms with Crippen LogP contribution in [0, 0.1) is 6.92 Å². The maximum absolute atomic E-state index is 10.2. The van der Waals surface area contributed by atoms with Crippen LogP contribution in [0.3, 0.4) is 0 Å². The number of hydrogen-bond donors (Lipinski definition) is 1. The number of aliphatic hydroxyl groups is 1. The van der Waals surface area contributed by atoms with Crippen LogP contribution in [-0.2, 0) is 13.5 Å². The molecule has 0 spiro atoms. The first-order chi connectivity index (χ1) is 8.47. The van der Waals surface area contributed by atoms with Crippen LogP contribution in [0.1, 0.15) is 23.1 Å². The Bertz CT molecular complexity index is 566. The Labute approximate surface area is 116 Å². The molecule has 1 heterocycles. The zero-order chi connectivity index (χ0) is 13.3. The Morgan fingerprint density at radius 3 is 2.67 bits per heavy atom. The molecule has 0 aliphatic carbocycles. The molecule has 1 N–H and O–H groups in total. The molecule has 1 aromatic carbocycles. The van der Waals surface area contributed by atoms with E-state index in [-0.39, 0.29) is 0 Å². The zero-order valence-electron chi connectivity index (χ0n) is 10.2. The minimum Gasteiger partial charge on any atom is -0.386 e. The van der Waals surface area contributed by atoms with Gasteiger partial charge in [-0.25, -0.2) is 0 Å². The van der Waals surface area contributed by atoms with E-state index in [1.165, 1.54) is 0 Å². The molecule has 3 nitrogen and oxygen atoms in total. The Hall–Kier alpha value is -1.03. The molecule has 0 amide bonds. The summed E-state index contributed by atoms with van der Waals surface area (Å²) in [6, 6.07) is 7.11. The number of aryl methyl sites for hydroxylation is 2. The van der Waals surface area contributed by atoms with Crippen LogP contribution >= 0.6 is 23.2 Å². The summed E-state index contributed by atoms with van der Waals surface area (Å²) < 4.78 is 1.68. The van der Waals surface area contributed by atoms with Crippen LogP contribution < -0.4 is 0 Å². The lowest BCUT2D eigenvalue weighted by atomic mass is 10.1. The van der Waals surface area contributed by atoms with E-state index in [0.29, 0.717) is 16.5 Å². The number of aliphatic hydroxyl groups excluding tert-OH is 1. The van der Waals surface area contributed by atoms with Gasteiger partial charge in [-0.2, -0.15) is 5.10 Å². The highest BCUT2D eigenvalue weighted by Crippen LogP contribution is 2.26. The second-order valence-corrected chi connectivity index (χ2v) is 5.13. The molecule has 0 bridgehead atoms. The second kappa shape index (κ2) is 5.31. The van der Waals surface area contributed by atoms with E-state index >= 15 is 0 Å². The van der Waals surface area contributed by atoms with Crippen molar-refractivity contribution in [3.63, 3.8) is 0 Å². The van der Waals surface area contributed by atoms with Crippen LogP contribution in [0.25, 0.3) is 0 Å². The van der Waals surface area contributed by atoms with Gasteiger partial charge in [0.2, 0.25) is 0 Å². The van der Waals surface area contributed by atoms with Gasteiger partial charge in [0, 0.05) is 23.5 Å². The van der Waals surface area contributed by atoms with Crippen molar-refractivity contribution in [2.45, 2.75) is 19.4 Å². The Kier molecular flexibility index (Phi) is 3.95. The molecule has 0 saturated carbocycles. The minimum atomic E-state index is -0.646. The summed E-state index contributed by atoms with van der Waals surface area (Å²) in [7, 11) is 1.81. The third-order valence-corrected chi connectivity index (χ3v) is 3.40. The lowest BCUT2D eigenvalue weighted by Crippen LogP contribution is -2.08. The second-order valence-electron chi connectivity index (χ2n) is 4.29. The van der Waals surface area contributed by atoms with Crippen LogP contribution in [0.4, 0.5) is 0 Å². The summed E-state index contributed by atoms with van der Waals surface area (Å²) in [4.78, 5) is 0. The van der Waals surface area contributed by atoms with Gasteiger partial charge in [-0.05, 0) is 36.8 Å². The molecule has 0 fully saturated rings. The molecule has 1 unspecified atom stereocenters. The number of aromatic nitrogens is 2. The summed E-state index contributed by atoms with van der Waals surface area (Å²) in [6.07, 6.45) is -0.231. The number of hydrogen-bond acceptors (Lipinski definition) is 2. The minimum absolute atomic E-state index is 0.415. The smallest absolute Gasteiger partial charge is 0.0997 e. The maximum atomic E-state index is 10.2. The fraction of sp³-hybridized carbons (Fsp3) is 0.308. The van der Waals surface area contributed by atoms with Crippen molar-refractivity contribution in [2.24, 2.45) is 7.05 Å². The Morgan fingerprint density at radius 2 is 2.06 bits per heavy atom. The van der Waals surface area contributed by atoms with Crippen LogP contribution in [-0.4, -0.2) is 14.9 Å². The summed E-state index contributed by atoms with van der Waals surface area (Å²) in [5, 5.41) is 15.7. The molecular weight excluding hydrogens is 271 g/mol. The van der Waals surface area contributed by atoms with Crippen molar-refractivity contribution in [2.75, 3.05) is 0 Å². The molecule has 1 aromatic heterocycles.